The van der Waals surface area contributed by atoms with E-state index in [2.05, 4.69) is 0 Å². The Morgan fingerprint density at radius 1 is 1.41 bits per heavy atom. The van der Waals surface area contributed by atoms with Crippen molar-refractivity contribution in [1.29, 1.82) is 0 Å². The zero-order valence-corrected chi connectivity index (χ0v) is 10.8. The molecule has 1 unspecified atom stereocenters. The zero-order valence-electron chi connectivity index (χ0n) is 9.96. The number of carboxylic acids is 1. The van der Waals surface area contributed by atoms with Crippen LogP contribution >= 0.6 is 0 Å². The molecular weight excluding hydrogens is 246 g/mol. The highest BCUT2D eigenvalue weighted by Crippen LogP contribution is 2.07. The van der Waals surface area contributed by atoms with Gasteiger partial charge in [-0.3, -0.25) is 4.90 Å². The smallest absolute Gasteiger partial charge is 0.334 e. The third kappa shape index (κ3) is 5.01. The first kappa shape index (κ1) is 14.4. The third-order valence-corrected chi connectivity index (χ3v) is 4.43. The highest BCUT2D eigenvalue weighted by atomic mass is 32.2. The number of ether oxygens (including phenoxy) is 1. The number of hydrogen-bond acceptors (Lipinski definition) is 5. The summed E-state index contributed by atoms with van der Waals surface area (Å²) < 4.78 is 27.9. The number of carbonyl (C=O) groups is 1. The first-order chi connectivity index (χ1) is 7.94. The van der Waals surface area contributed by atoms with Crippen LogP contribution in [0.2, 0.25) is 0 Å². The van der Waals surface area contributed by atoms with E-state index in [0.717, 1.165) is 0 Å². The maximum absolute atomic E-state index is 11.4. The summed E-state index contributed by atoms with van der Waals surface area (Å²) >= 11 is 0. The van der Waals surface area contributed by atoms with E-state index in [-0.39, 0.29) is 18.1 Å². The van der Waals surface area contributed by atoms with Gasteiger partial charge in [0.25, 0.3) is 0 Å². The number of nitrogens with zero attached hydrogens (tertiary/aromatic N) is 1. The Kier molecular flexibility index (Phi) is 5.35. The Labute approximate surface area is 101 Å². The third-order valence-electron chi connectivity index (χ3n) is 2.72. The number of aliphatic carboxylic acids is 1. The van der Waals surface area contributed by atoms with Crippen molar-refractivity contribution in [3.05, 3.63) is 0 Å². The molecule has 1 heterocycles. The fourth-order valence-electron chi connectivity index (χ4n) is 1.81. The molecule has 1 rings (SSSR count). The highest BCUT2D eigenvalue weighted by molar-refractivity contribution is 7.91. The fourth-order valence-corrected chi connectivity index (χ4v) is 3.12. The van der Waals surface area contributed by atoms with Crippen LogP contribution in [-0.4, -0.2) is 68.2 Å². The van der Waals surface area contributed by atoms with Gasteiger partial charge in [-0.25, -0.2) is 13.2 Å². The van der Waals surface area contributed by atoms with E-state index in [9.17, 15) is 13.2 Å². The van der Waals surface area contributed by atoms with E-state index in [1.165, 1.54) is 0 Å². The SMILES string of the molecule is CCOC(CN1CCCS(=O)(=O)CC1)C(=O)O. The van der Waals surface area contributed by atoms with Crippen molar-refractivity contribution in [2.75, 3.05) is 37.7 Å². The summed E-state index contributed by atoms with van der Waals surface area (Å²) in [4.78, 5) is 12.8. The van der Waals surface area contributed by atoms with Crippen molar-refractivity contribution in [2.45, 2.75) is 19.4 Å². The van der Waals surface area contributed by atoms with Crippen LogP contribution in [0.3, 0.4) is 0 Å². The standard InChI is InChI=1S/C10H19NO5S/c1-2-16-9(10(12)13)8-11-4-3-6-17(14,15)7-5-11/h9H,2-8H2,1H3,(H,12,13). The Morgan fingerprint density at radius 3 is 2.71 bits per heavy atom. The number of hydrogen-bond donors (Lipinski definition) is 1. The molecule has 0 aromatic carbocycles. The lowest BCUT2D eigenvalue weighted by atomic mass is 10.3. The maximum Gasteiger partial charge on any atom is 0.334 e. The van der Waals surface area contributed by atoms with E-state index in [1.54, 1.807) is 6.92 Å². The Balaban J connectivity index is 2.52. The molecule has 17 heavy (non-hydrogen) atoms. The lowest BCUT2D eigenvalue weighted by molar-refractivity contribution is -0.151. The minimum atomic E-state index is -2.95. The number of rotatable bonds is 5. The zero-order chi connectivity index (χ0) is 12.9. The van der Waals surface area contributed by atoms with E-state index in [0.29, 0.717) is 26.1 Å². The van der Waals surface area contributed by atoms with E-state index in [1.807, 2.05) is 4.90 Å². The second-order valence-electron chi connectivity index (χ2n) is 4.09. The van der Waals surface area contributed by atoms with Crippen molar-refractivity contribution in [3.8, 4) is 0 Å². The molecule has 1 aliphatic rings. The highest BCUT2D eigenvalue weighted by Gasteiger charge is 2.24. The largest absolute Gasteiger partial charge is 0.479 e. The molecule has 0 spiro atoms. The average Bonchev–Trinajstić information content (AvgIpc) is 2.39. The molecule has 0 amide bonds. The van der Waals surface area contributed by atoms with Gasteiger partial charge in [0.2, 0.25) is 0 Å². The molecule has 1 fully saturated rings. The van der Waals surface area contributed by atoms with Gasteiger partial charge in [0.05, 0.1) is 11.5 Å². The van der Waals surface area contributed by atoms with Crippen LogP contribution < -0.4 is 0 Å². The average molecular weight is 265 g/mol. The Morgan fingerprint density at radius 2 is 2.12 bits per heavy atom. The molecule has 0 radical (unpaired) electrons. The molecule has 0 aromatic rings. The van der Waals surface area contributed by atoms with Gasteiger partial charge in [0, 0.05) is 19.7 Å². The summed E-state index contributed by atoms with van der Waals surface area (Å²) in [5.41, 5.74) is 0. The first-order valence-corrected chi connectivity index (χ1v) is 7.54. The van der Waals surface area contributed by atoms with Crippen molar-refractivity contribution in [1.82, 2.24) is 4.90 Å². The first-order valence-electron chi connectivity index (χ1n) is 5.72. The van der Waals surface area contributed by atoms with Crippen LogP contribution in [0.25, 0.3) is 0 Å². The van der Waals surface area contributed by atoms with E-state index < -0.39 is 21.9 Å². The van der Waals surface area contributed by atoms with Crippen molar-refractivity contribution < 1.29 is 23.1 Å². The van der Waals surface area contributed by atoms with Gasteiger partial charge in [-0.1, -0.05) is 0 Å². The van der Waals surface area contributed by atoms with Crippen LogP contribution in [0.4, 0.5) is 0 Å². The lowest BCUT2D eigenvalue weighted by Gasteiger charge is -2.23. The molecule has 1 N–H and O–H groups in total. The quantitative estimate of drug-likeness (QED) is 0.728. The summed E-state index contributed by atoms with van der Waals surface area (Å²) in [7, 11) is -2.95. The summed E-state index contributed by atoms with van der Waals surface area (Å²) in [5, 5.41) is 8.94. The van der Waals surface area contributed by atoms with Gasteiger partial charge in [0.15, 0.2) is 15.9 Å². The van der Waals surface area contributed by atoms with Gasteiger partial charge >= 0.3 is 5.97 Å². The van der Waals surface area contributed by atoms with Crippen LogP contribution in [-0.2, 0) is 19.4 Å². The molecule has 0 aromatic heterocycles. The molecule has 1 atom stereocenters. The summed E-state index contributed by atoms with van der Waals surface area (Å²) in [6.45, 7) is 3.32. The van der Waals surface area contributed by atoms with Gasteiger partial charge in [-0.05, 0) is 19.9 Å². The predicted molar refractivity (Wildman–Crippen MR) is 62.8 cm³/mol. The van der Waals surface area contributed by atoms with Gasteiger partial charge in [0.1, 0.15) is 0 Å². The number of carboxylic acid groups (broad SMARTS) is 1. The Bertz CT molecular complexity index is 354. The van der Waals surface area contributed by atoms with Gasteiger partial charge in [-0.15, -0.1) is 0 Å². The summed E-state index contributed by atoms with van der Waals surface area (Å²) in [6.07, 6.45) is -0.318. The molecule has 6 nitrogen and oxygen atoms in total. The summed E-state index contributed by atoms with van der Waals surface area (Å²) in [5.74, 6) is -0.708. The molecular formula is C10H19NO5S. The minimum Gasteiger partial charge on any atom is -0.479 e. The molecule has 0 saturated carbocycles. The maximum atomic E-state index is 11.4. The Hall–Kier alpha value is -0.660. The van der Waals surface area contributed by atoms with Crippen LogP contribution in [0.15, 0.2) is 0 Å². The van der Waals surface area contributed by atoms with Crippen molar-refractivity contribution in [3.63, 3.8) is 0 Å². The molecule has 0 aliphatic carbocycles. The van der Waals surface area contributed by atoms with Crippen LogP contribution in [0.5, 0.6) is 0 Å². The molecule has 1 aliphatic heterocycles. The molecule has 100 valence electrons. The van der Waals surface area contributed by atoms with Crippen molar-refractivity contribution >= 4 is 15.8 Å². The second-order valence-corrected chi connectivity index (χ2v) is 6.39. The topological polar surface area (TPSA) is 83.9 Å². The van der Waals surface area contributed by atoms with Crippen LogP contribution in [0.1, 0.15) is 13.3 Å². The second kappa shape index (κ2) is 6.32. The normalized spacial score (nSPS) is 22.9. The van der Waals surface area contributed by atoms with E-state index in [4.69, 9.17) is 9.84 Å². The molecule has 0 bridgehead atoms. The molecule has 7 heteroatoms. The summed E-state index contributed by atoms with van der Waals surface area (Å²) in [6, 6.07) is 0. The van der Waals surface area contributed by atoms with Crippen molar-refractivity contribution in [2.24, 2.45) is 0 Å². The van der Waals surface area contributed by atoms with Gasteiger partial charge in [-0.2, -0.15) is 0 Å². The van der Waals surface area contributed by atoms with E-state index >= 15 is 0 Å². The predicted octanol–water partition coefficient (Wildman–Crippen LogP) is -0.403. The monoisotopic (exact) mass is 265 g/mol. The number of sulfone groups is 1. The lowest BCUT2D eigenvalue weighted by Crippen LogP contribution is -2.40. The van der Waals surface area contributed by atoms with Gasteiger partial charge < -0.3 is 9.84 Å². The van der Waals surface area contributed by atoms with Crippen LogP contribution in [0, 0.1) is 0 Å². The minimum absolute atomic E-state index is 0.103. The fraction of sp³-hybridized carbons (Fsp3) is 0.900. The molecule has 1 saturated heterocycles.